The van der Waals surface area contributed by atoms with Crippen LogP contribution in [0.1, 0.15) is 49.5 Å². The lowest BCUT2D eigenvalue weighted by Gasteiger charge is -2.33. The van der Waals surface area contributed by atoms with Gasteiger partial charge in [-0.25, -0.2) is 0 Å². The molecule has 1 fully saturated rings. The van der Waals surface area contributed by atoms with E-state index in [-0.39, 0.29) is 5.78 Å². The summed E-state index contributed by atoms with van der Waals surface area (Å²) in [5, 5.41) is 8.86. The standard InChI is InChI=1S/C24H27N3O2/c1-14(2)12-25-18-11-19(27-10-6-7-15(3)13-27)22-21-20(18)23(28)16-8-4-5-9-17(16)24(21)29-26-22/h4-5,8-9,11,14-15,25H,6-7,10,12-13H2,1-3H3/t15-/m1/s1. The Morgan fingerprint density at radius 1 is 1.28 bits per heavy atom. The molecule has 3 aromatic rings. The maximum absolute atomic E-state index is 13.5. The van der Waals surface area contributed by atoms with Gasteiger partial charge in [-0.1, -0.05) is 50.2 Å². The fourth-order valence-corrected chi connectivity index (χ4v) is 4.65. The number of carbonyl (C=O) groups excluding carboxylic acids is 1. The Kier molecular flexibility index (Phi) is 4.34. The molecular formula is C24H27N3O2. The summed E-state index contributed by atoms with van der Waals surface area (Å²) in [7, 11) is 0. The molecule has 0 unspecified atom stereocenters. The molecule has 5 heteroatoms. The molecule has 0 spiro atoms. The number of piperidine rings is 1. The van der Waals surface area contributed by atoms with Crippen LogP contribution in [0.3, 0.4) is 0 Å². The number of nitrogens with zero attached hydrogens (tertiary/aromatic N) is 2. The van der Waals surface area contributed by atoms with Gasteiger partial charge in [0.2, 0.25) is 0 Å². The van der Waals surface area contributed by atoms with E-state index in [1.165, 1.54) is 12.8 Å². The Morgan fingerprint density at radius 2 is 2.07 bits per heavy atom. The van der Waals surface area contributed by atoms with Crippen molar-refractivity contribution < 1.29 is 9.32 Å². The zero-order valence-electron chi connectivity index (χ0n) is 17.3. The van der Waals surface area contributed by atoms with Crippen LogP contribution < -0.4 is 10.2 Å². The quantitative estimate of drug-likeness (QED) is 0.510. The Hall–Kier alpha value is -2.82. The van der Waals surface area contributed by atoms with E-state index < -0.39 is 0 Å². The van der Waals surface area contributed by atoms with E-state index in [1.807, 2.05) is 24.3 Å². The van der Waals surface area contributed by atoms with Crippen molar-refractivity contribution in [2.24, 2.45) is 11.8 Å². The van der Waals surface area contributed by atoms with E-state index in [1.54, 1.807) is 0 Å². The van der Waals surface area contributed by atoms with Crippen LogP contribution in [0, 0.1) is 11.8 Å². The minimum Gasteiger partial charge on any atom is -0.384 e. The second-order valence-corrected chi connectivity index (χ2v) is 8.90. The Bertz CT molecular complexity index is 1100. The monoisotopic (exact) mass is 389 g/mol. The van der Waals surface area contributed by atoms with Crippen LogP contribution in [-0.4, -0.2) is 30.6 Å². The van der Waals surface area contributed by atoms with Crippen molar-refractivity contribution in [3.8, 4) is 11.3 Å². The minimum atomic E-state index is 0.0473. The van der Waals surface area contributed by atoms with Crippen LogP contribution in [0.25, 0.3) is 22.2 Å². The summed E-state index contributed by atoms with van der Waals surface area (Å²) in [5.41, 5.74) is 5.00. The molecule has 2 aliphatic rings. The highest BCUT2D eigenvalue weighted by Gasteiger charge is 2.34. The maximum atomic E-state index is 13.5. The fraction of sp³-hybridized carbons (Fsp3) is 0.417. The number of rotatable bonds is 4. The first kappa shape index (κ1) is 18.2. The fourth-order valence-electron chi connectivity index (χ4n) is 4.65. The van der Waals surface area contributed by atoms with Crippen molar-refractivity contribution in [2.75, 3.05) is 29.9 Å². The third-order valence-electron chi connectivity index (χ3n) is 6.08. The topological polar surface area (TPSA) is 58.4 Å². The summed E-state index contributed by atoms with van der Waals surface area (Å²) in [6.07, 6.45) is 2.43. The molecule has 0 saturated carbocycles. The lowest BCUT2D eigenvalue weighted by molar-refractivity contribution is 0.104. The number of ketones is 1. The first-order valence-electron chi connectivity index (χ1n) is 10.6. The van der Waals surface area contributed by atoms with Gasteiger partial charge < -0.3 is 14.7 Å². The molecule has 0 bridgehead atoms. The van der Waals surface area contributed by atoms with Crippen molar-refractivity contribution in [3.05, 3.63) is 41.5 Å². The number of hydrogen-bond acceptors (Lipinski definition) is 5. The van der Waals surface area contributed by atoms with E-state index in [2.05, 4.69) is 42.2 Å². The average molecular weight is 389 g/mol. The average Bonchev–Trinajstić information content (AvgIpc) is 3.15. The van der Waals surface area contributed by atoms with Crippen LogP contribution >= 0.6 is 0 Å². The molecule has 1 aliphatic heterocycles. The van der Waals surface area contributed by atoms with Gasteiger partial charge in [0.05, 0.1) is 16.6 Å². The van der Waals surface area contributed by atoms with Gasteiger partial charge in [0.1, 0.15) is 5.52 Å². The summed E-state index contributed by atoms with van der Waals surface area (Å²) >= 11 is 0. The minimum absolute atomic E-state index is 0.0473. The number of carbonyl (C=O) groups is 1. The van der Waals surface area contributed by atoms with Crippen LogP contribution in [0.15, 0.2) is 34.9 Å². The van der Waals surface area contributed by atoms with Crippen LogP contribution in [0.4, 0.5) is 11.4 Å². The zero-order valence-corrected chi connectivity index (χ0v) is 17.3. The van der Waals surface area contributed by atoms with Crippen LogP contribution in [-0.2, 0) is 0 Å². The van der Waals surface area contributed by atoms with Crippen molar-refractivity contribution >= 4 is 28.1 Å². The highest BCUT2D eigenvalue weighted by atomic mass is 16.5. The normalized spacial score (nSPS) is 18.4. The molecule has 0 radical (unpaired) electrons. The second-order valence-electron chi connectivity index (χ2n) is 8.90. The lowest BCUT2D eigenvalue weighted by Crippen LogP contribution is -2.34. The molecule has 2 heterocycles. The summed E-state index contributed by atoms with van der Waals surface area (Å²) < 4.78 is 5.85. The molecule has 1 N–H and O–H groups in total. The van der Waals surface area contributed by atoms with Gasteiger partial charge in [-0.3, -0.25) is 4.79 Å². The lowest BCUT2D eigenvalue weighted by atomic mass is 9.86. The number of anilines is 2. The van der Waals surface area contributed by atoms with Gasteiger partial charge in [-0.15, -0.1) is 0 Å². The van der Waals surface area contributed by atoms with Crippen molar-refractivity contribution in [1.29, 1.82) is 0 Å². The molecule has 29 heavy (non-hydrogen) atoms. The van der Waals surface area contributed by atoms with Gasteiger partial charge in [-0.05, 0) is 30.7 Å². The van der Waals surface area contributed by atoms with Crippen LogP contribution in [0.5, 0.6) is 0 Å². The van der Waals surface area contributed by atoms with Crippen molar-refractivity contribution in [2.45, 2.75) is 33.6 Å². The molecular weight excluding hydrogens is 362 g/mol. The molecule has 5 nitrogen and oxygen atoms in total. The first-order chi connectivity index (χ1) is 14.0. The third kappa shape index (κ3) is 2.91. The van der Waals surface area contributed by atoms with Gasteiger partial charge in [0.15, 0.2) is 11.5 Å². The molecule has 2 aromatic carbocycles. The van der Waals surface area contributed by atoms with E-state index >= 15 is 0 Å². The van der Waals surface area contributed by atoms with Gasteiger partial charge in [0, 0.05) is 36.4 Å². The zero-order chi connectivity index (χ0) is 20.1. The van der Waals surface area contributed by atoms with E-state index in [9.17, 15) is 4.79 Å². The predicted octanol–water partition coefficient (Wildman–Crippen LogP) is 5.34. The summed E-state index contributed by atoms with van der Waals surface area (Å²) in [4.78, 5) is 15.9. The summed E-state index contributed by atoms with van der Waals surface area (Å²) in [6.45, 7) is 9.47. The maximum Gasteiger partial charge on any atom is 0.196 e. The molecule has 1 aromatic heterocycles. The number of aromatic nitrogens is 1. The largest absolute Gasteiger partial charge is 0.384 e. The van der Waals surface area contributed by atoms with Gasteiger partial charge in [-0.2, -0.15) is 0 Å². The summed E-state index contributed by atoms with van der Waals surface area (Å²) in [6, 6.07) is 9.80. The Morgan fingerprint density at radius 3 is 2.83 bits per heavy atom. The predicted molar refractivity (Wildman–Crippen MR) is 117 cm³/mol. The van der Waals surface area contributed by atoms with Crippen LogP contribution in [0.2, 0.25) is 0 Å². The van der Waals surface area contributed by atoms with E-state index in [4.69, 9.17) is 4.52 Å². The van der Waals surface area contributed by atoms with Gasteiger partial charge in [0.25, 0.3) is 0 Å². The second kappa shape index (κ2) is 6.90. The highest BCUT2D eigenvalue weighted by molar-refractivity contribution is 6.28. The number of hydrogen-bond donors (Lipinski definition) is 1. The third-order valence-corrected chi connectivity index (χ3v) is 6.08. The molecule has 0 amide bonds. The number of nitrogens with one attached hydrogen (secondary N) is 1. The molecule has 1 aliphatic carbocycles. The van der Waals surface area contributed by atoms with E-state index in [0.29, 0.717) is 28.7 Å². The molecule has 150 valence electrons. The molecule has 1 atom stereocenters. The smallest absolute Gasteiger partial charge is 0.196 e. The van der Waals surface area contributed by atoms with E-state index in [0.717, 1.165) is 47.5 Å². The highest BCUT2D eigenvalue weighted by Crippen LogP contribution is 2.46. The Labute approximate surface area is 171 Å². The van der Waals surface area contributed by atoms with Crippen molar-refractivity contribution in [1.82, 2.24) is 5.16 Å². The Balaban J connectivity index is 1.75. The first-order valence-corrected chi connectivity index (χ1v) is 10.6. The molecule has 1 saturated heterocycles. The SMILES string of the molecule is CC(C)CNc1cc(N2CCC[C@@H](C)C2)c2noc3c2c1C(=O)c1ccccc1-3. The summed E-state index contributed by atoms with van der Waals surface area (Å²) in [5.74, 6) is 1.88. The van der Waals surface area contributed by atoms with Gasteiger partial charge >= 0.3 is 0 Å². The van der Waals surface area contributed by atoms with Crippen molar-refractivity contribution in [3.63, 3.8) is 0 Å². The molecule has 5 rings (SSSR count). The number of benzene rings is 2. The number of fused-ring (bicyclic) bond motifs is 2.